The monoisotopic (exact) mass is 365 g/mol. The Morgan fingerprint density at radius 2 is 1.89 bits per heavy atom. The lowest BCUT2D eigenvalue weighted by Gasteiger charge is -2.44. The fraction of sp³-hybridized carbons (Fsp3) is 0.435. The fourth-order valence-corrected chi connectivity index (χ4v) is 4.90. The average Bonchev–Trinajstić information content (AvgIpc) is 2.95. The predicted octanol–water partition coefficient (Wildman–Crippen LogP) is 3.57. The van der Waals surface area contributed by atoms with Gasteiger partial charge in [0.05, 0.1) is 32.7 Å². The summed E-state index contributed by atoms with van der Waals surface area (Å²) >= 11 is 0. The van der Waals surface area contributed by atoms with Gasteiger partial charge in [0.25, 0.3) is 0 Å². The average molecular weight is 365 g/mol. The molecule has 0 spiro atoms. The number of carbonyl (C=O) groups excluding carboxylic acids is 1. The number of hydrogen-bond donors (Lipinski definition) is 0. The molecule has 2 aliphatic rings. The molecule has 2 aromatic rings. The Kier molecular flexibility index (Phi) is 4.92. The first-order valence-corrected chi connectivity index (χ1v) is 9.98. The molecule has 4 heteroatoms. The lowest BCUT2D eigenvalue weighted by atomic mass is 9.87. The minimum Gasteiger partial charge on any atom is -0.462 e. The van der Waals surface area contributed by atoms with Gasteiger partial charge in [-0.2, -0.15) is 0 Å². The van der Waals surface area contributed by atoms with Crippen LogP contribution in [0.2, 0.25) is 0 Å². The first-order valence-electron chi connectivity index (χ1n) is 9.98. The number of likely N-dealkylation sites (tertiary alicyclic amines) is 1. The van der Waals surface area contributed by atoms with Crippen molar-refractivity contribution < 1.29 is 14.0 Å². The molecule has 0 radical (unpaired) electrons. The minimum atomic E-state index is -0.0779. The van der Waals surface area contributed by atoms with Crippen LogP contribution in [0, 0.1) is 0 Å². The summed E-state index contributed by atoms with van der Waals surface area (Å²) in [5, 5.41) is 0. The van der Waals surface area contributed by atoms with Crippen LogP contribution in [-0.2, 0) is 16.1 Å². The third-order valence-electron chi connectivity index (χ3n) is 6.12. The van der Waals surface area contributed by atoms with E-state index in [1.165, 1.54) is 16.8 Å². The first-order chi connectivity index (χ1) is 13.1. The van der Waals surface area contributed by atoms with E-state index in [0.717, 1.165) is 30.5 Å². The lowest BCUT2D eigenvalue weighted by Crippen LogP contribution is -2.57. The van der Waals surface area contributed by atoms with Crippen LogP contribution in [0.4, 0.5) is 5.69 Å². The lowest BCUT2D eigenvalue weighted by molar-refractivity contribution is -0.908. The van der Waals surface area contributed by atoms with E-state index in [4.69, 9.17) is 4.74 Å². The smallest absolute Gasteiger partial charge is 0.361 e. The highest BCUT2D eigenvalue weighted by atomic mass is 16.5. The molecule has 2 aliphatic heterocycles. The summed E-state index contributed by atoms with van der Waals surface area (Å²) in [6.07, 6.45) is 1.10. The molecule has 3 atom stereocenters. The molecule has 0 bridgehead atoms. The van der Waals surface area contributed by atoms with Gasteiger partial charge in [-0.1, -0.05) is 48.5 Å². The molecular formula is C23H29N2O2+. The minimum absolute atomic E-state index is 0.0779. The zero-order valence-electron chi connectivity index (χ0n) is 16.3. The van der Waals surface area contributed by atoms with Crippen LogP contribution < -0.4 is 4.90 Å². The topological polar surface area (TPSA) is 29.5 Å². The highest BCUT2D eigenvalue weighted by Crippen LogP contribution is 2.46. The second-order valence-corrected chi connectivity index (χ2v) is 8.12. The summed E-state index contributed by atoms with van der Waals surface area (Å²) in [6, 6.07) is 20.0. The molecular weight excluding hydrogens is 336 g/mol. The molecule has 2 heterocycles. The number of likely N-dealkylation sites (N-methyl/N-ethyl adjacent to an activating group) is 1. The van der Waals surface area contributed by atoms with Crippen LogP contribution in [-0.4, -0.2) is 49.8 Å². The van der Waals surface area contributed by atoms with Gasteiger partial charge >= 0.3 is 5.97 Å². The number of anilines is 1. The summed E-state index contributed by atoms with van der Waals surface area (Å²) in [7, 11) is 2.20. The molecule has 0 amide bonds. The SMILES string of the molecule is CCOC(=O)C[N+]1(C)CCC2C(C1)c1ccccc1N2Cc1ccccc1. The van der Waals surface area contributed by atoms with E-state index in [-0.39, 0.29) is 5.97 Å². The fourth-order valence-electron chi connectivity index (χ4n) is 4.90. The first kappa shape index (κ1) is 18.1. The van der Waals surface area contributed by atoms with Gasteiger partial charge in [0.1, 0.15) is 0 Å². The van der Waals surface area contributed by atoms with Gasteiger partial charge in [0.15, 0.2) is 6.54 Å². The van der Waals surface area contributed by atoms with Crippen molar-refractivity contribution in [2.24, 2.45) is 0 Å². The normalized spacial score (nSPS) is 26.4. The summed E-state index contributed by atoms with van der Waals surface area (Å²) in [5.41, 5.74) is 4.15. The van der Waals surface area contributed by atoms with Crippen LogP contribution in [0.1, 0.15) is 30.4 Å². The molecule has 2 aromatic carbocycles. The molecule has 0 N–H and O–H groups in total. The van der Waals surface area contributed by atoms with Crippen LogP contribution in [0.3, 0.4) is 0 Å². The van der Waals surface area contributed by atoms with Crippen molar-refractivity contribution in [2.75, 3.05) is 38.2 Å². The molecule has 0 aromatic heterocycles. The van der Waals surface area contributed by atoms with Crippen LogP contribution in [0.25, 0.3) is 0 Å². The standard InChI is InChI=1S/C23H29N2O2/c1-3-27-23(26)17-25(2)14-13-22-20(16-25)19-11-7-8-12-21(19)24(22)15-18-9-5-4-6-10-18/h4-12,20,22H,3,13-17H2,1-2H3/q+1. The number of hydrogen-bond acceptors (Lipinski definition) is 3. The van der Waals surface area contributed by atoms with Crippen molar-refractivity contribution in [3.8, 4) is 0 Å². The number of esters is 1. The van der Waals surface area contributed by atoms with E-state index in [0.29, 0.717) is 25.1 Å². The van der Waals surface area contributed by atoms with E-state index in [2.05, 4.69) is 66.5 Å². The number of carbonyl (C=O) groups is 1. The zero-order valence-corrected chi connectivity index (χ0v) is 16.3. The summed E-state index contributed by atoms with van der Waals surface area (Å²) in [6.45, 7) is 5.75. The number of nitrogens with zero attached hydrogens (tertiary/aromatic N) is 2. The van der Waals surface area contributed by atoms with Crippen LogP contribution in [0.5, 0.6) is 0 Å². The van der Waals surface area contributed by atoms with E-state index in [1.807, 2.05) is 6.92 Å². The second-order valence-electron chi connectivity index (χ2n) is 8.12. The van der Waals surface area contributed by atoms with Crippen molar-refractivity contribution in [1.29, 1.82) is 0 Å². The van der Waals surface area contributed by atoms with E-state index < -0.39 is 0 Å². The van der Waals surface area contributed by atoms with Crippen LogP contribution in [0.15, 0.2) is 54.6 Å². The summed E-state index contributed by atoms with van der Waals surface area (Å²) < 4.78 is 6.00. The molecule has 0 aliphatic carbocycles. The van der Waals surface area contributed by atoms with Crippen LogP contribution >= 0.6 is 0 Å². The van der Waals surface area contributed by atoms with Gasteiger partial charge in [-0.05, 0) is 24.1 Å². The molecule has 142 valence electrons. The maximum Gasteiger partial charge on any atom is 0.361 e. The van der Waals surface area contributed by atoms with Crippen molar-refractivity contribution >= 4 is 11.7 Å². The zero-order chi connectivity index (χ0) is 18.9. The van der Waals surface area contributed by atoms with E-state index >= 15 is 0 Å². The third-order valence-corrected chi connectivity index (χ3v) is 6.12. The van der Waals surface area contributed by atoms with Gasteiger partial charge in [-0.3, -0.25) is 0 Å². The Morgan fingerprint density at radius 1 is 1.15 bits per heavy atom. The molecule has 0 saturated carbocycles. The molecule has 3 unspecified atom stereocenters. The number of quaternary nitrogens is 1. The van der Waals surface area contributed by atoms with Gasteiger partial charge in [-0.25, -0.2) is 4.79 Å². The van der Waals surface area contributed by atoms with Gasteiger partial charge in [-0.15, -0.1) is 0 Å². The molecule has 1 fully saturated rings. The Labute approximate surface area is 161 Å². The Morgan fingerprint density at radius 3 is 2.67 bits per heavy atom. The molecule has 4 rings (SSSR count). The third kappa shape index (κ3) is 3.59. The number of rotatable bonds is 5. The highest BCUT2D eigenvalue weighted by molar-refractivity contribution is 5.70. The van der Waals surface area contributed by atoms with Crippen molar-refractivity contribution in [3.05, 3.63) is 65.7 Å². The Hall–Kier alpha value is -2.33. The summed E-state index contributed by atoms with van der Waals surface area (Å²) in [5.74, 6) is 0.393. The largest absolute Gasteiger partial charge is 0.462 e. The highest BCUT2D eigenvalue weighted by Gasteiger charge is 2.47. The molecule has 1 saturated heterocycles. The van der Waals surface area contributed by atoms with Gasteiger partial charge < -0.3 is 14.1 Å². The summed E-state index contributed by atoms with van der Waals surface area (Å²) in [4.78, 5) is 14.7. The number of fused-ring (bicyclic) bond motifs is 3. The van der Waals surface area contributed by atoms with Gasteiger partial charge in [0.2, 0.25) is 0 Å². The van der Waals surface area contributed by atoms with Gasteiger partial charge in [0, 0.05) is 24.7 Å². The quantitative estimate of drug-likeness (QED) is 0.599. The number of piperidine rings is 1. The number of ether oxygens (including phenoxy) is 1. The molecule has 27 heavy (non-hydrogen) atoms. The Bertz CT molecular complexity index is 807. The maximum atomic E-state index is 12.1. The maximum absolute atomic E-state index is 12.1. The van der Waals surface area contributed by atoms with Crippen molar-refractivity contribution in [1.82, 2.24) is 0 Å². The Balaban J connectivity index is 1.58. The molecule has 4 nitrogen and oxygen atoms in total. The van der Waals surface area contributed by atoms with Crippen molar-refractivity contribution in [3.63, 3.8) is 0 Å². The predicted molar refractivity (Wildman–Crippen MR) is 108 cm³/mol. The van der Waals surface area contributed by atoms with Crippen molar-refractivity contribution in [2.45, 2.75) is 31.8 Å². The van der Waals surface area contributed by atoms with E-state index in [9.17, 15) is 4.79 Å². The number of benzene rings is 2. The van der Waals surface area contributed by atoms with E-state index in [1.54, 1.807) is 0 Å². The number of para-hydroxylation sites is 1. The second kappa shape index (κ2) is 7.35.